The average molecular weight is 159 g/mol. The van der Waals surface area contributed by atoms with Gasteiger partial charge in [-0.15, -0.1) is 6.58 Å². The van der Waals surface area contributed by atoms with E-state index in [1.165, 1.54) is 0 Å². The molecule has 0 aliphatic heterocycles. The number of fused-ring (bicyclic) bond motifs is 1. The van der Waals surface area contributed by atoms with E-state index in [0.717, 1.165) is 23.0 Å². The highest BCUT2D eigenvalue weighted by molar-refractivity contribution is 5.78. The summed E-state index contributed by atoms with van der Waals surface area (Å²) in [6, 6.07) is 2.06. The molecule has 0 aliphatic carbocycles. The molecule has 2 rings (SSSR count). The van der Waals surface area contributed by atoms with E-state index < -0.39 is 0 Å². The van der Waals surface area contributed by atoms with Crippen molar-refractivity contribution in [3.63, 3.8) is 0 Å². The Balaban J connectivity index is 2.54. The predicted molar refractivity (Wildman–Crippen MR) is 47.8 cm³/mol. The lowest BCUT2D eigenvalue weighted by Crippen LogP contribution is -1.78. The molecular weight excluding hydrogens is 150 g/mol. The molecule has 2 aromatic heterocycles. The van der Waals surface area contributed by atoms with Crippen molar-refractivity contribution < 1.29 is 0 Å². The van der Waals surface area contributed by atoms with Crippen molar-refractivity contribution >= 4 is 10.9 Å². The van der Waals surface area contributed by atoms with Gasteiger partial charge in [0.15, 0.2) is 0 Å². The number of rotatable bonds is 2. The summed E-state index contributed by atoms with van der Waals surface area (Å²) in [6.45, 7) is 3.67. The zero-order valence-electron chi connectivity index (χ0n) is 6.62. The van der Waals surface area contributed by atoms with Gasteiger partial charge in [0.1, 0.15) is 0 Å². The maximum atomic E-state index is 3.79. The van der Waals surface area contributed by atoms with Crippen LogP contribution >= 0.6 is 0 Å². The zero-order chi connectivity index (χ0) is 8.39. The minimum Gasteiger partial charge on any atom is -0.357 e. The van der Waals surface area contributed by atoms with Crippen molar-refractivity contribution in [1.82, 2.24) is 15.2 Å². The molecule has 2 heterocycles. The number of hydrogen-bond acceptors (Lipinski definition) is 2. The first-order valence-electron chi connectivity index (χ1n) is 3.79. The van der Waals surface area contributed by atoms with Crippen molar-refractivity contribution in [2.45, 2.75) is 6.42 Å². The molecule has 0 unspecified atom stereocenters. The molecule has 0 amide bonds. The molecule has 3 heteroatoms. The zero-order valence-corrected chi connectivity index (χ0v) is 6.62. The quantitative estimate of drug-likeness (QED) is 0.677. The molecule has 0 radical (unpaired) electrons. The van der Waals surface area contributed by atoms with Gasteiger partial charge in [0.25, 0.3) is 0 Å². The summed E-state index contributed by atoms with van der Waals surface area (Å²) in [5.41, 5.74) is 2.18. The molecule has 60 valence electrons. The van der Waals surface area contributed by atoms with Crippen LogP contribution in [0.1, 0.15) is 5.69 Å². The van der Waals surface area contributed by atoms with E-state index in [9.17, 15) is 0 Å². The Bertz CT molecular complexity index is 370. The Kier molecular flexibility index (Phi) is 1.63. The monoisotopic (exact) mass is 159 g/mol. The van der Waals surface area contributed by atoms with Gasteiger partial charge in [-0.1, -0.05) is 6.08 Å². The highest BCUT2D eigenvalue weighted by Gasteiger charge is 1.97. The fourth-order valence-electron chi connectivity index (χ4n) is 1.21. The second kappa shape index (κ2) is 2.77. The second-order valence-electron chi connectivity index (χ2n) is 2.65. The van der Waals surface area contributed by atoms with Crippen molar-refractivity contribution in [2.24, 2.45) is 0 Å². The molecule has 0 spiro atoms. The molecule has 0 aromatic carbocycles. The summed E-state index contributed by atoms with van der Waals surface area (Å²) in [5.74, 6) is 0. The SMILES string of the molecule is C=CCc1cc2cnncc2[nH]1. The molecule has 0 saturated carbocycles. The van der Waals surface area contributed by atoms with Gasteiger partial charge in [0, 0.05) is 17.5 Å². The van der Waals surface area contributed by atoms with Crippen LogP contribution in [0.5, 0.6) is 0 Å². The maximum Gasteiger partial charge on any atom is 0.0737 e. The van der Waals surface area contributed by atoms with E-state index in [1.807, 2.05) is 6.08 Å². The Morgan fingerprint density at radius 3 is 3.00 bits per heavy atom. The van der Waals surface area contributed by atoms with Gasteiger partial charge in [-0.25, -0.2) is 0 Å². The third-order valence-electron chi connectivity index (χ3n) is 1.75. The molecule has 3 nitrogen and oxygen atoms in total. The number of hydrogen-bond donors (Lipinski definition) is 1. The van der Waals surface area contributed by atoms with Crippen LogP contribution in [0.15, 0.2) is 31.1 Å². The number of aromatic amines is 1. The molecule has 0 fully saturated rings. The molecular formula is C9H9N3. The van der Waals surface area contributed by atoms with Crippen molar-refractivity contribution in [3.8, 4) is 0 Å². The van der Waals surface area contributed by atoms with Crippen molar-refractivity contribution in [1.29, 1.82) is 0 Å². The number of allylic oxidation sites excluding steroid dienone is 1. The van der Waals surface area contributed by atoms with Gasteiger partial charge in [-0.3, -0.25) is 0 Å². The van der Waals surface area contributed by atoms with Gasteiger partial charge in [0.2, 0.25) is 0 Å². The van der Waals surface area contributed by atoms with Gasteiger partial charge in [-0.2, -0.15) is 10.2 Å². The van der Waals surface area contributed by atoms with Gasteiger partial charge >= 0.3 is 0 Å². The summed E-state index contributed by atoms with van der Waals surface area (Å²) in [5, 5.41) is 8.67. The topological polar surface area (TPSA) is 41.6 Å². The molecule has 1 N–H and O–H groups in total. The largest absolute Gasteiger partial charge is 0.357 e. The van der Waals surface area contributed by atoms with Gasteiger partial charge in [-0.05, 0) is 6.07 Å². The van der Waals surface area contributed by atoms with Crippen molar-refractivity contribution in [3.05, 3.63) is 36.8 Å². The molecule has 0 bridgehead atoms. The van der Waals surface area contributed by atoms with E-state index in [0.29, 0.717) is 0 Å². The molecule has 12 heavy (non-hydrogen) atoms. The third-order valence-corrected chi connectivity index (χ3v) is 1.75. The van der Waals surface area contributed by atoms with Crippen LogP contribution in [0.4, 0.5) is 0 Å². The van der Waals surface area contributed by atoms with E-state index in [2.05, 4.69) is 27.8 Å². The van der Waals surface area contributed by atoms with Crippen LogP contribution in [0.2, 0.25) is 0 Å². The number of nitrogens with zero attached hydrogens (tertiary/aromatic N) is 2. The van der Waals surface area contributed by atoms with Crippen LogP contribution in [0.3, 0.4) is 0 Å². The van der Waals surface area contributed by atoms with Crippen LogP contribution < -0.4 is 0 Å². The minimum absolute atomic E-state index is 0.856. The van der Waals surface area contributed by atoms with Crippen LogP contribution in [-0.2, 0) is 6.42 Å². The third kappa shape index (κ3) is 1.09. The fraction of sp³-hybridized carbons (Fsp3) is 0.111. The fourth-order valence-corrected chi connectivity index (χ4v) is 1.21. The van der Waals surface area contributed by atoms with Crippen LogP contribution in [0.25, 0.3) is 10.9 Å². The Morgan fingerprint density at radius 2 is 2.25 bits per heavy atom. The first-order chi connectivity index (χ1) is 5.90. The van der Waals surface area contributed by atoms with Crippen molar-refractivity contribution in [2.75, 3.05) is 0 Å². The van der Waals surface area contributed by atoms with E-state index in [1.54, 1.807) is 12.4 Å². The number of aromatic nitrogens is 3. The number of H-pyrrole nitrogens is 1. The Morgan fingerprint density at radius 1 is 1.42 bits per heavy atom. The highest BCUT2D eigenvalue weighted by atomic mass is 15.1. The average Bonchev–Trinajstić information content (AvgIpc) is 2.47. The first-order valence-corrected chi connectivity index (χ1v) is 3.79. The standard InChI is InChI=1S/C9H9N3/c1-2-3-8-4-7-5-10-11-6-9(7)12-8/h2,4-6,12H,1,3H2. The lowest BCUT2D eigenvalue weighted by Gasteiger charge is -1.85. The summed E-state index contributed by atoms with van der Waals surface area (Å²) < 4.78 is 0. The Hall–Kier alpha value is -1.64. The molecule has 0 atom stereocenters. The minimum atomic E-state index is 0.856. The van der Waals surface area contributed by atoms with Gasteiger partial charge in [0.05, 0.1) is 17.9 Å². The maximum absolute atomic E-state index is 3.79. The van der Waals surface area contributed by atoms with Crippen LogP contribution in [0, 0.1) is 0 Å². The summed E-state index contributed by atoms with van der Waals surface area (Å²) in [6.07, 6.45) is 6.20. The predicted octanol–water partition coefficient (Wildman–Crippen LogP) is 1.69. The second-order valence-corrected chi connectivity index (χ2v) is 2.65. The number of nitrogens with one attached hydrogen (secondary N) is 1. The normalized spacial score (nSPS) is 10.3. The summed E-state index contributed by atoms with van der Waals surface area (Å²) in [4.78, 5) is 3.22. The highest BCUT2D eigenvalue weighted by Crippen LogP contribution is 2.12. The van der Waals surface area contributed by atoms with E-state index >= 15 is 0 Å². The lowest BCUT2D eigenvalue weighted by atomic mass is 10.3. The molecule has 0 saturated heterocycles. The van der Waals surface area contributed by atoms with E-state index in [-0.39, 0.29) is 0 Å². The van der Waals surface area contributed by atoms with E-state index in [4.69, 9.17) is 0 Å². The Labute approximate surface area is 70.1 Å². The van der Waals surface area contributed by atoms with Crippen LogP contribution in [-0.4, -0.2) is 15.2 Å². The van der Waals surface area contributed by atoms with Gasteiger partial charge < -0.3 is 4.98 Å². The smallest absolute Gasteiger partial charge is 0.0737 e. The summed E-state index contributed by atoms with van der Waals surface area (Å²) in [7, 11) is 0. The summed E-state index contributed by atoms with van der Waals surface area (Å²) >= 11 is 0. The first kappa shape index (κ1) is 7.03. The lowest BCUT2D eigenvalue weighted by molar-refractivity contribution is 1.05. The molecule has 2 aromatic rings. The molecule has 0 aliphatic rings.